The SMILES string of the molecule is CC(=O)Cc1nc(-c2ccc(Cl)cc2)no1. The summed E-state index contributed by atoms with van der Waals surface area (Å²) in [6, 6.07) is 7.09. The van der Waals surface area contributed by atoms with E-state index in [2.05, 4.69) is 10.1 Å². The first-order chi connectivity index (χ1) is 7.65. The maximum absolute atomic E-state index is 10.9. The third kappa shape index (κ3) is 2.46. The van der Waals surface area contributed by atoms with E-state index in [1.54, 1.807) is 24.3 Å². The van der Waals surface area contributed by atoms with Gasteiger partial charge < -0.3 is 4.52 Å². The van der Waals surface area contributed by atoms with Gasteiger partial charge in [0.15, 0.2) is 0 Å². The quantitative estimate of drug-likeness (QED) is 0.822. The Hall–Kier alpha value is -1.68. The van der Waals surface area contributed by atoms with E-state index in [-0.39, 0.29) is 12.2 Å². The molecule has 4 nitrogen and oxygen atoms in total. The minimum Gasteiger partial charge on any atom is -0.339 e. The van der Waals surface area contributed by atoms with Gasteiger partial charge in [-0.1, -0.05) is 16.8 Å². The van der Waals surface area contributed by atoms with Crippen LogP contribution in [-0.4, -0.2) is 15.9 Å². The zero-order valence-electron chi connectivity index (χ0n) is 8.61. The Labute approximate surface area is 97.2 Å². The van der Waals surface area contributed by atoms with Crippen LogP contribution >= 0.6 is 11.6 Å². The zero-order valence-corrected chi connectivity index (χ0v) is 9.36. The van der Waals surface area contributed by atoms with Gasteiger partial charge in [-0.15, -0.1) is 0 Å². The van der Waals surface area contributed by atoms with Gasteiger partial charge in [0.1, 0.15) is 5.78 Å². The number of Topliss-reactive ketones (excluding diaryl/α,β-unsaturated/α-hetero) is 1. The lowest BCUT2D eigenvalue weighted by Gasteiger charge is -1.93. The molecule has 0 atom stereocenters. The van der Waals surface area contributed by atoms with E-state index >= 15 is 0 Å². The summed E-state index contributed by atoms with van der Waals surface area (Å²) in [6.07, 6.45) is 0.167. The maximum atomic E-state index is 10.9. The maximum Gasteiger partial charge on any atom is 0.234 e. The fourth-order valence-electron chi connectivity index (χ4n) is 1.26. The Morgan fingerprint density at radius 2 is 2.06 bits per heavy atom. The van der Waals surface area contributed by atoms with E-state index in [0.717, 1.165) is 5.56 Å². The Balaban J connectivity index is 2.24. The fourth-order valence-corrected chi connectivity index (χ4v) is 1.38. The average molecular weight is 237 g/mol. The van der Waals surface area contributed by atoms with Gasteiger partial charge in [-0.25, -0.2) is 0 Å². The summed E-state index contributed by atoms with van der Waals surface area (Å²) in [7, 11) is 0. The summed E-state index contributed by atoms with van der Waals surface area (Å²) in [5.74, 6) is 0.789. The van der Waals surface area contributed by atoms with E-state index in [0.29, 0.717) is 16.7 Å². The number of hydrogen-bond acceptors (Lipinski definition) is 4. The highest BCUT2D eigenvalue weighted by Gasteiger charge is 2.09. The Morgan fingerprint density at radius 3 is 2.69 bits per heavy atom. The number of nitrogens with zero attached hydrogens (tertiary/aromatic N) is 2. The van der Waals surface area contributed by atoms with Crippen molar-refractivity contribution >= 4 is 17.4 Å². The van der Waals surface area contributed by atoms with E-state index in [1.807, 2.05) is 0 Å². The minimum atomic E-state index is -0.00805. The summed E-state index contributed by atoms with van der Waals surface area (Å²) in [5, 5.41) is 4.44. The van der Waals surface area contributed by atoms with Gasteiger partial charge in [0.25, 0.3) is 0 Å². The smallest absolute Gasteiger partial charge is 0.234 e. The first kappa shape index (κ1) is 10.8. The van der Waals surface area contributed by atoms with Crippen molar-refractivity contribution in [2.45, 2.75) is 13.3 Å². The molecule has 0 spiro atoms. The molecule has 1 aromatic carbocycles. The molecule has 0 radical (unpaired) electrons. The second-order valence-corrected chi connectivity index (χ2v) is 3.83. The van der Waals surface area contributed by atoms with Crippen molar-refractivity contribution < 1.29 is 9.32 Å². The van der Waals surface area contributed by atoms with Crippen LogP contribution in [0.25, 0.3) is 11.4 Å². The number of benzene rings is 1. The Morgan fingerprint density at radius 1 is 1.38 bits per heavy atom. The molecule has 0 aliphatic carbocycles. The summed E-state index contributed by atoms with van der Waals surface area (Å²) in [5.41, 5.74) is 0.808. The standard InChI is InChI=1S/C11H9ClN2O2/c1-7(15)6-10-13-11(14-16-10)8-2-4-9(12)5-3-8/h2-5H,6H2,1H3. The topological polar surface area (TPSA) is 56.0 Å². The van der Waals surface area contributed by atoms with Crippen molar-refractivity contribution in [1.29, 1.82) is 0 Å². The van der Waals surface area contributed by atoms with Gasteiger partial charge >= 0.3 is 0 Å². The predicted octanol–water partition coefficient (Wildman–Crippen LogP) is 2.52. The molecule has 0 saturated carbocycles. The summed E-state index contributed by atoms with van der Waals surface area (Å²) >= 11 is 5.76. The third-order valence-electron chi connectivity index (χ3n) is 1.97. The molecule has 0 aliphatic rings. The number of carbonyl (C=O) groups excluding carboxylic acids is 1. The van der Waals surface area contributed by atoms with Crippen molar-refractivity contribution in [3.8, 4) is 11.4 Å². The first-order valence-corrected chi connectivity index (χ1v) is 5.11. The lowest BCUT2D eigenvalue weighted by molar-refractivity contribution is -0.116. The largest absolute Gasteiger partial charge is 0.339 e. The highest BCUT2D eigenvalue weighted by atomic mass is 35.5. The Bertz CT molecular complexity index is 505. The second kappa shape index (κ2) is 4.45. The molecular weight excluding hydrogens is 228 g/mol. The predicted molar refractivity (Wildman–Crippen MR) is 59.1 cm³/mol. The average Bonchev–Trinajstić information content (AvgIpc) is 2.66. The number of ketones is 1. The number of halogens is 1. The van der Waals surface area contributed by atoms with E-state index in [9.17, 15) is 4.79 Å². The van der Waals surface area contributed by atoms with Crippen LogP contribution in [0.5, 0.6) is 0 Å². The van der Waals surface area contributed by atoms with Gasteiger partial charge in [-0.3, -0.25) is 4.79 Å². The van der Waals surface area contributed by atoms with Crippen LogP contribution in [0.1, 0.15) is 12.8 Å². The van der Waals surface area contributed by atoms with Crippen molar-refractivity contribution in [2.24, 2.45) is 0 Å². The second-order valence-electron chi connectivity index (χ2n) is 3.40. The Kier molecular flexibility index (Phi) is 3.01. The lowest BCUT2D eigenvalue weighted by Crippen LogP contribution is -1.95. The van der Waals surface area contributed by atoms with Crippen molar-refractivity contribution in [3.05, 3.63) is 35.2 Å². The van der Waals surface area contributed by atoms with Crippen LogP contribution in [0.2, 0.25) is 5.02 Å². The van der Waals surface area contributed by atoms with Crippen LogP contribution < -0.4 is 0 Å². The lowest BCUT2D eigenvalue weighted by atomic mass is 10.2. The van der Waals surface area contributed by atoms with Crippen LogP contribution in [0.15, 0.2) is 28.8 Å². The molecule has 2 aromatic rings. The highest BCUT2D eigenvalue weighted by Crippen LogP contribution is 2.18. The van der Waals surface area contributed by atoms with Crippen LogP contribution in [0, 0.1) is 0 Å². The molecule has 0 amide bonds. The minimum absolute atomic E-state index is 0.00805. The van der Waals surface area contributed by atoms with E-state index < -0.39 is 0 Å². The monoisotopic (exact) mass is 236 g/mol. The number of aromatic nitrogens is 2. The number of carbonyl (C=O) groups is 1. The summed E-state index contributed by atoms with van der Waals surface area (Å²) in [6.45, 7) is 1.48. The van der Waals surface area contributed by atoms with Gasteiger partial charge in [0, 0.05) is 10.6 Å². The van der Waals surface area contributed by atoms with Crippen LogP contribution in [0.3, 0.4) is 0 Å². The van der Waals surface area contributed by atoms with Gasteiger partial charge in [-0.2, -0.15) is 4.98 Å². The zero-order chi connectivity index (χ0) is 11.5. The van der Waals surface area contributed by atoms with E-state index in [1.165, 1.54) is 6.92 Å². The molecule has 0 bridgehead atoms. The van der Waals surface area contributed by atoms with Gasteiger partial charge in [0.05, 0.1) is 6.42 Å². The molecule has 0 fully saturated rings. The van der Waals surface area contributed by atoms with Crippen molar-refractivity contribution in [3.63, 3.8) is 0 Å². The molecule has 0 aliphatic heterocycles. The van der Waals surface area contributed by atoms with Crippen molar-refractivity contribution in [1.82, 2.24) is 10.1 Å². The van der Waals surface area contributed by atoms with Crippen LogP contribution in [-0.2, 0) is 11.2 Å². The molecule has 0 unspecified atom stereocenters. The molecule has 1 aromatic heterocycles. The molecule has 1 heterocycles. The summed E-state index contributed by atoms with van der Waals surface area (Å²) in [4.78, 5) is 15.0. The number of rotatable bonds is 3. The first-order valence-electron chi connectivity index (χ1n) is 4.73. The van der Waals surface area contributed by atoms with Crippen molar-refractivity contribution in [2.75, 3.05) is 0 Å². The molecule has 82 valence electrons. The number of hydrogen-bond donors (Lipinski definition) is 0. The van der Waals surface area contributed by atoms with E-state index in [4.69, 9.17) is 16.1 Å². The van der Waals surface area contributed by atoms with Crippen LogP contribution in [0.4, 0.5) is 0 Å². The molecule has 0 saturated heterocycles. The third-order valence-corrected chi connectivity index (χ3v) is 2.22. The normalized spacial score (nSPS) is 10.4. The molecule has 0 N–H and O–H groups in total. The molecule has 16 heavy (non-hydrogen) atoms. The fraction of sp³-hybridized carbons (Fsp3) is 0.182. The highest BCUT2D eigenvalue weighted by molar-refractivity contribution is 6.30. The van der Waals surface area contributed by atoms with Gasteiger partial charge in [0.2, 0.25) is 11.7 Å². The molecular formula is C11H9ClN2O2. The molecule has 2 rings (SSSR count). The summed E-state index contributed by atoms with van der Waals surface area (Å²) < 4.78 is 4.95. The van der Waals surface area contributed by atoms with Gasteiger partial charge in [-0.05, 0) is 31.2 Å². The molecule has 5 heteroatoms.